The number of hydrogen-bond acceptors (Lipinski definition) is 4. The first-order valence-corrected chi connectivity index (χ1v) is 8.21. The van der Waals surface area contributed by atoms with Crippen molar-refractivity contribution in [2.24, 2.45) is 12.0 Å². The van der Waals surface area contributed by atoms with E-state index < -0.39 is 0 Å². The molecular weight excluding hydrogens is 469 g/mol. The van der Waals surface area contributed by atoms with Crippen molar-refractivity contribution in [3.05, 3.63) is 40.9 Å². The Balaban J connectivity index is 0.00000338. The largest absolute Gasteiger partial charge is 0.356 e. The fourth-order valence-corrected chi connectivity index (χ4v) is 2.29. The predicted octanol–water partition coefficient (Wildman–Crippen LogP) is 2.09. The van der Waals surface area contributed by atoms with E-state index in [1.807, 2.05) is 20.0 Å². The van der Waals surface area contributed by atoms with Crippen molar-refractivity contribution in [2.45, 2.75) is 19.9 Å². The Morgan fingerprint density at radius 2 is 2.12 bits per heavy atom. The number of guanidine groups is 1. The Hall–Kier alpha value is -1.88. The van der Waals surface area contributed by atoms with Gasteiger partial charge in [0.05, 0.1) is 6.54 Å². The van der Waals surface area contributed by atoms with Crippen LogP contribution in [0.1, 0.15) is 17.8 Å². The Morgan fingerprint density at radius 3 is 2.77 bits per heavy atom. The van der Waals surface area contributed by atoms with Gasteiger partial charge in [0, 0.05) is 37.8 Å². The molecule has 0 spiro atoms. The van der Waals surface area contributed by atoms with Crippen LogP contribution >= 0.6 is 35.6 Å². The summed E-state index contributed by atoms with van der Waals surface area (Å²) in [5.74, 6) is 1.29. The summed E-state index contributed by atoms with van der Waals surface area (Å²) in [6.45, 7) is 2.81. The van der Waals surface area contributed by atoms with Crippen molar-refractivity contribution in [1.29, 1.82) is 0 Å². The number of rotatable bonds is 6. The molecule has 1 amide bonds. The van der Waals surface area contributed by atoms with Crippen LogP contribution in [0.25, 0.3) is 0 Å². The molecule has 0 saturated carbocycles. The molecule has 142 valence electrons. The molecule has 26 heavy (non-hydrogen) atoms. The maximum atomic E-state index is 12.1. The molecule has 0 atom stereocenters. The van der Waals surface area contributed by atoms with Gasteiger partial charge in [0.1, 0.15) is 12.2 Å². The molecular formula is C16H23ClIN7O. The molecule has 0 aliphatic carbocycles. The van der Waals surface area contributed by atoms with Crippen LogP contribution in [-0.4, -0.2) is 40.2 Å². The highest BCUT2D eigenvalue weighted by molar-refractivity contribution is 14.0. The molecule has 2 aromatic rings. The molecule has 0 saturated heterocycles. The van der Waals surface area contributed by atoms with Crippen LogP contribution in [0.3, 0.4) is 0 Å². The summed E-state index contributed by atoms with van der Waals surface area (Å²) < 4.78 is 1.68. The van der Waals surface area contributed by atoms with Crippen molar-refractivity contribution < 1.29 is 4.79 Å². The lowest BCUT2D eigenvalue weighted by Crippen LogP contribution is -2.38. The Bertz CT molecular complexity index is 763. The number of anilines is 1. The minimum absolute atomic E-state index is 0. The minimum atomic E-state index is -0.0957. The molecule has 0 bridgehead atoms. The van der Waals surface area contributed by atoms with E-state index in [2.05, 4.69) is 31.0 Å². The summed E-state index contributed by atoms with van der Waals surface area (Å²) >= 11 is 6.05. The van der Waals surface area contributed by atoms with Gasteiger partial charge in [-0.3, -0.25) is 14.5 Å². The van der Waals surface area contributed by atoms with Crippen molar-refractivity contribution in [1.82, 2.24) is 25.4 Å². The monoisotopic (exact) mass is 491 g/mol. The molecule has 0 radical (unpaired) electrons. The number of carbonyl (C=O) groups is 1. The molecule has 0 aliphatic heterocycles. The van der Waals surface area contributed by atoms with Gasteiger partial charge in [-0.25, -0.2) is 4.98 Å². The zero-order valence-corrected chi connectivity index (χ0v) is 18.0. The first-order chi connectivity index (χ1) is 12.0. The van der Waals surface area contributed by atoms with Gasteiger partial charge < -0.3 is 16.0 Å². The summed E-state index contributed by atoms with van der Waals surface area (Å²) in [4.78, 5) is 20.3. The second kappa shape index (κ2) is 11.0. The van der Waals surface area contributed by atoms with Gasteiger partial charge in [0.2, 0.25) is 5.91 Å². The van der Waals surface area contributed by atoms with Crippen LogP contribution in [0, 0.1) is 6.92 Å². The Morgan fingerprint density at radius 1 is 1.35 bits per heavy atom. The third-order valence-electron chi connectivity index (χ3n) is 3.63. The van der Waals surface area contributed by atoms with Gasteiger partial charge >= 0.3 is 0 Å². The number of halogens is 2. The third-order valence-corrected chi connectivity index (χ3v) is 4.04. The average Bonchev–Trinajstić information content (AvgIpc) is 3.00. The number of amides is 1. The molecule has 8 nitrogen and oxygen atoms in total. The van der Waals surface area contributed by atoms with E-state index in [4.69, 9.17) is 11.6 Å². The molecule has 0 unspecified atom stereocenters. The highest BCUT2D eigenvalue weighted by atomic mass is 127. The molecule has 1 aromatic heterocycles. The lowest BCUT2D eigenvalue weighted by Gasteiger charge is -2.12. The summed E-state index contributed by atoms with van der Waals surface area (Å²) in [6.07, 6.45) is 1.80. The molecule has 3 N–H and O–H groups in total. The van der Waals surface area contributed by atoms with Crippen molar-refractivity contribution in [3.63, 3.8) is 0 Å². The summed E-state index contributed by atoms with van der Waals surface area (Å²) in [5, 5.41) is 13.7. The van der Waals surface area contributed by atoms with Crippen LogP contribution in [-0.2, 0) is 18.4 Å². The molecule has 10 heteroatoms. The fraction of sp³-hybridized carbons (Fsp3) is 0.375. The first-order valence-electron chi connectivity index (χ1n) is 7.83. The topological polar surface area (TPSA) is 96.2 Å². The van der Waals surface area contributed by atoms with Crippen molar-refractivity contribution in [2.75, 3.05) is 18.9 Å². The van der Waals surface area contributed by atoms with Gasteiger partial charge in [0.15, 0.2) is 5.96 Å². The number of nitrogens with zero attached hydrogens (tertiary/aromatic N) is 4. The van der Waals surface area contributed by atoms with E-state index in [-0.39, 0.29) is 29.9 Å². The van der Waals surface area contributed by atoms with Gasteiger partial charge in [0.25, 0.3) is 0 Å². The maximum absolute atomic E-state index is 12.1. The van der Waals surface area contributed by atoms with E-state index in [0.29, 0.717) is 30.5 Å². The zero-order valence-electron chi connectivity index (χ0n) is 14.9. The van der Waals surface area contributed by atoms with Gasteiger partial charge in [-0.2, -0.15) is 5.10 Å². The van der Waals surface area contributed by atoms with Crippen LogP contribution < -0.4 is 16.0 Å². The van der Waals surface area contributed by atoms with Crippen molar-refractivity contribution in [3.8, 4) is 0 Å². The highest BCUT2D eigenvalue weighted by Gasteiger charge is 2.07. The fourth-order valence-electron chi connectivity index (χ4n) is 2.11. The smallest absolute Gasteiger partial charge is 0.226 e. The van der Waals surface area contributed by atoms with Gasteiger partial charge in [-0.15, -0.1) is 24.0 Å². The second-order valence-corrected chi connectivity index (χ2v) is 5.77. The van der Waals surface area contributed by atoms with Crippen LogP contribution in [0.4, 0.5) is 5.69 Å². The zero-order chi connectivity index (χ0) is 18.2. The van der Waals surface area contributed by atoms with E-state index in [0.717, 1.165) is 17.1 Å². The van der Waals surface area contributed by atoms with Crippen LogP contribution in [0.2, 0.25) is 5.02 Å². The van der Waals surface area contributed by atoms with E-state index in [9.17, 15) is 4.79 Å². The number of benzene rings is 1. The first kappa shape index (κ1) is 22.2. The lowest BCUT2D eigenvalue weighted by atomic mass is 10.2. The SMILES string of the molecule is CN=C(NCCC(=O)Nc1cccc(Cl)c1C)NCc1ncnn1C.I. The molecule has 0 aliphatic rings. The summed E-state index contributed by atoms with van der Waals surface area (Å²) in [6, 6.07) is 5.43. The number of aromatic nitrogens is 3. The molecule has 1 aromatic carbocycles. The number of nitrogens with one attached hydrogen (secondary N) is 3. The van der Waals surface area contributed by atoms with Gasteiger partial charge in [-0.1, -0.05) is 17.7 Å². The van der Waals surface area contributed by atoms with E-state index >= 15 is 0 Å². The standard InChI is InChI=1S/C16H22ClN7O.HI/c1-11-12(17)5-4-6-13(11)23-15(25)7-8-19-16(18-2)20-9-14-21-10-22-24(14)3;/h4-6,10H,7-9H2,1-3H3,(H,23,25)(H2,18,19,20);1H. The average molecular weight is 492 g/mol. The van der Waals surface area contributed by atoms with Crippen molar-refractivity contribution >= 4 is 53.1 Å². The summed E-state index contributed by atoms with van der Waals surface area (Å²) in [7, 11) is 3.49. The van der Waals surface area contributed by atoms with E-state index in [1.54, 1.807) is 23.9 Å². The number of aliphatic imine (C=N–C) groups is 1. The Kier molecular flexibility index (Phi) is 9.35. The van der Waals surface area contributed by atoms with E-state index in [1.165, 1.54) is 6.33 Å². The Labute approximate surface area is 174 Å². The van der Waals surface area contributed by atoms with Gasteiger partial charge in [-0.05, 0) is 24.6 Å². The second-order valence-electron chi connectivity index (χ2n) is 5.36. The van der Waals surface area contributed by atoms with Crippen LogP contribution in [0.5, 0.6) is 0 Å². The summed E-state index contributed by atoms with van der Waals surface area (Å²) in [5.41, 5.74) is 1.58. The lowest BCUT2D eigenvalue weighted by molar-refractivity contribution is -0.116. The molecule has 1 heterocycles. The highest BCUT2D eigenvalue weighted by Crippen LogP contribution is 2.22. The van der Waals surface area contributed by atoms with Crippen LogP contribution in [0.15, 0.2) is 29.5 Å². The maximum Gasteiger partial charge on any atom is 0.226 e. The number of aryl methyl sites for hydroxylation is 1. The molecule has 0 fully saturated rings. The normalized spacial score (nSPS) is 10.8. The molecule has 2 rings (SSSR count). The number of carbonyl (C=O) groups excluding carboxylic acids is 1. The predicted molar refractivity (Wildman–Crippen MR) is 114 cm³/mol. The quantitative estimate of drug-likeness (QED) is 0.327. The number of hydrogen-bond donors (Lipinski definition) is 3. The minimum Gasteiger partial charge on any atom is -0.356 e. The third kappa shape index (κ3) is 6.45.